The number of benzene rings is 6. The van der Waals surface area contributed by atoms with E-state index in [4.69, 9.17) is 14.4 Å². The zero-order chi connectivity index (χ0) is 31.1. The van der Waals surface area contributed by atoms with Gasteiger partial charge in [0.05, 0.1) is 22.1 Å². The lowest BCUT2D eigenvalue weighted by Crippen LogP contribution is -2.24. The van der Waals surface area contributed by atoms with Gasteiger partial charge in [-0.1, -0.05) is 109 Å². The Kier molecular flexibility index (Phi) is 5.44. The molecule has 9 aromatic rings. The second-order valence-corrected chi connectivity index (χ2v) is 12.9. The fraction of sp³-hybridized carbons (Fsp3) is 0.0698. The van der Waals surface area contributed by atoms with E-state index in [1.807, 2.05) is 6.07 Å². The number of hydrogen-bond donors (Lipinski definition) is 0. The van der Waals surface area contributed by atoms with Crippen LogP contribution in [0.1, 0.15) is 19.2 Å². The summed E-state index contributed by atoms with van der Waals surface area (Å²) in [6.07, 6.45) is 9.47. The highest BCUT2D eigenvalue weighted by Crippen LogP contribution is 2.43. The van der Waals surface area contributed by atoms with Crippen molar-refractivity contribution >= 4 is 65.3 Å². The molecule has 0 saturated heterocycles. The van der Waals surface area contributed by atoms with Gasteiger partial charge in [-0.2, -0.15) is 0 Å². The lowest BCUT2D eigenvalue weighted by molar-refractivity contribution is 0.555. The molecule has 0 fully saturated rings. The van der Waals surface area contributed by atoms with Crippen molar-refractivity contribution in [2.75, 3.05) is 0 Å². The summed E-state index contributed by atoms with van der Waals surface area (Å²) >= 11 is 0. The molecule has 6 aromatic carbocycles. The van der Waals surface area contributed by atoms with Crippen LogP contribution < -0.4 is 0 Å². The maximum Gasteiger partial charge on any atom is 0.145 e. The third-order valence-electron chi connectivity index (χ3n) is 9.90. The van der Waals surface area contributed by atoms with E-state index in [1.165, 1.54) is 16.2 Å². The molecule has 1 aliphatic rings. The smallest absolute Gasteiger partial charge is 0.145 e. The first-order chi connectivity index (χ1) is 23.1. The molecule has 1 atom stereocenters. The Labute approximate surface area is 270 Å². The summed E-state index contributed by atoms with van der Waals surface area (Å²) in [6, 6.07) is 43.0. The zero-order valence-electron chi connectivity index (χ0n) is 25.8. The third kappa shape index (κ3) is 3.88. The molecule has 4 nitrogen and oxygen atoms in total. The number of hydrogen-bond acceptors (Lipinski definition) is 3. The minimum Gasteiger partial charge on any atom is -0.455 e. The van der Waals surface area contributed by atoms with Crippen molar-refractivity contribution in [1.29, 1.82) is 0 Å². The molecule has 222 valence electrons. The molecule has 3 aromatic heterocycles. The quantitative estimate of drug-likeness (QED) is 0.202. The van der Waals surface area contributed by atoms with E-state index in [-0.39, 0.29) is 5.41 Å². The first-order valence-electron chi connectivity index (χ1n) is 16.1. The van der Waals surface area contributed by atoms with Crippen LogP contribution in [0.3, 0.4) is 0 Å². The lowest BCUT2D eigenvalue weighted by atomic mass is 9.83. The minimum absolute atomic E-state index is 0.327. The van der Waals surface area contributed by atoms with Gasteiger partial charge in [0.1, 0.15) is 22.8 Å². The summed E-state index contributed by atoms with van der Waals surface area (Å²) < 4.78 is 9.22. The molecule has 10 rings (SSSR count). The summed E-state index contributed by atoms with van der Waals surface area (Å²) in [6.45, 7) is 2.22. The molecule has 0 bridgehead atoms. The van der Waals surface area contributed by atoms with Crippen LogP contribution >= 0.6 is 0 Å². The van der Waals surface area contributed by atoms with Gasteiger partial charge < -0.3 is 4.42 Å². The topological polar surface area (TPSA) is 43.9 Å². The number of furan rings is 1. The maximum atomic E-state index is 6.91. The molecule has 3 heterocycles. The van der Waals surface area contributed by atoms with Crippen LogP contribution in [0.2, 0.25) is 0 Å². The van der Waals surface area contributed by atoms with Gasteiger partial charge in [-0.3, -0.25) is 4.57 Å². The highest BCUT2D eigenvalue weighted by molar-refractivity contribution is 6.27. The fourth-order valence-corrected chi connectivity index (χ4v) is 7.45. The van der Waals surface area contributed by atoms with Crippen molar-refractivity contribution < 1.29 is 4.42 Å². The van der Waals surface area contributed by atoms with Crippen LogP contribution in [-0.2, 0) is 5.41 Å². The highest BCUT2D eigenvalue weighted by atomic mass is 16.3. The Balaban J connectivity index is 1.35. The summed E-state index contributed by atoms with van der Waals surface area (Å²) in [5.74, 6) is 1.65. The Bertz CT molecular complexity index is 2780. The van der Waals surface area contributed by atoms with Crippen molar-refractivity contribution in [3.8, 4) is 17.1 Å². The van der Waals surface area contributed by atoms with Crippen LogP contribution in [0.25, 0.3) is 82.4 Å². The van der Waals surface area contributed by atoms with Crippen LogP contribution in [0.5, 0.6) is 0 Å². The maximum absolute atomic E-state index is 6.91. The Morgan fingerprint density at radius 1 is 0.617 bits per heavy atom. The van der Waals surface area contributed by atoms with Gasteiger partial charge >= 0.3 is 0 Å². The average molecular weight is 604 g/mol. The van der Waals surface area contributed by atoms with E-state index in [9.17, 15) is 0 Å². The van der Waals surface area contributed by atoms with Gasteiger partial charge in [0.15, 0.2) is 0 Å². The number of nitrogens with zero attached hydrogens (tertiary/aromatic N) is 3. The van der Waals surface area contributed by atoms with Crippen molar-refractivity contribution in [3.05, 3.63) is 151 Å². The molecule has 4 heteroatoms. The zero-order valence-corrected chi connectivity index (χ0v) is 25.8. The molecule has 1 unspecified atom stereocenters. The highest BCUT2D eigenvalue weighted by Gasteiger charge is 2.29. The van der Waals surface area contributed by atoms with E-state index in [2.05, 4.69) is 151 Å². The lowest BCUT2D eigenvalue weighted by Gasteiger charge is -2.26. The van der Waals surface area contributed by atoms with E-state index in [0.717, 1.165) is 78.5 Å². The van der Waals surface area contributed by atoms with Gasteiger partial charge in [0, 0.05) is 38.6 Å². The third-order valence-corrected chi connectivity index (χ3v) is 9.90. The predicted octanol–water partition coefficient (Wildman–Crippen LogP) is 11.2. The first-order valence-corrected chi connectivity index (χ1v) is 16.1. The van der Waals surface area contributed by atoms with Crippen molar-refractivity contribution in [3.63, 3.8) is 0 Å². The van der Waals surface area contributed by atoms with E-state index < -0.39 is 0 Å². The van der Waals surface area contributed by atoms with Crippen LogP contribution in [0.15, 0.2) is 150 Å². The molecule has 0 aliphatic heterocycles. The molecule has 0 spiro atoms. The van der Waals surface area contributed by atoms with Gasteiger partial charge in [0.25, 0.3) is 0 Å². The van der Waals surface area contributed by atoms with Crippen molar-refractivity contribution in [2.24, 2.45) is 0 Å². The number of fused-ring (bicyclic) bond motifs is 10. The molecule has 0 amide bonds. The first kappa shape index (κ1) is 26.2. The van der Waals surface area contributed by atoms with Crippen LogP contribution in [0.4, 0.5) is 0 Å². The van der Waals surface area contributed by atoms with Gasteiger partial charge in [-0.05, 0) is 59.8 Å². The van der Waals surface area contributed by atoms with E-state index in [1.54, 1.807) is 0 Å². The van der Waals surface area contributed by atoms with Crippen LogP contribution in [-0.4, -0.2) is 14.5 Å². The molecule has 0 radical (unpaired) electrons. The average Bonchev–Trinajstić information content (AvgIpc) is 3.67. The fourth-order valence-electron chi connectivity index (χ4n) is 7.45. The molecule has 47 heavy (non-hydrogen) atoms. The SMILES string of the molecule is CC1(c2nc(-c3ccccc3)cc(-n3c4cc5ccccc5cc4c4c5oc6c7ccccc7ccc6c5ccc43)n2)C=CC=CC1. The second kappa shape index (κ2) is 9.75. The predicted molar refractivity (Wildman–Crippen MR) is 194 cm³/mol. The largest absolute Gasteiger partial charge is 0.455 e. The monoisotopic (exact) mass is 603 g/mol. The van der Waals surface area contributed by atoms with Gasteiger partial charge in [-0.15, -0.1) is 0 Å². The van der Waals surface area contributed by atoms with Gasteiger partial charge in [-0.25, -0.2) is 9.97 Å². The van der Waals surface area contributed by atoms with Crippen molar-refractivity contribution in [1.82, 2.24) is 14.5 Å². The van der Waals surface area contributed by atoms with Gasteiger partial charge in [0.2, 0.25) is 0 Å². The molecule has 0 saturated carbocycles. The number of allylic oxidation sites excluding steroid dienone is 4. The Morgan fingerprint density at radius 3 is 2.19 bits per heavy atom. The molecular weight excluding hydrogens is 574 g/mol. The molecular formula is C43H29N3O. The Morgan fingerprint density at radius 2 is 1.36 bits per heavy atom. The minimum atomic E-state index is -0.327. The van der Waals surface area contributed by atoms with Crippen molar-refractivity contribution in [2.45, 2.75) is 18.8 Å². The summed E-state index contributed by atoms with van der Waals surface area (Å²) in [5, 5.41) is 9.15. The summed E-state index contributed by atoms with van der Waals surface area (Å²) in [5.41, 5.74) is 5.61. The van der Waals surface area contributed by atoms with Crippen LogP contribution in [0, 0.1) is 0 Å². The standard InChI is InChI=1S/C43H29N3O/c1-43(22-10-3-11-23-43)42-44-35(28-13-4-2-5-14-28)26-38(45-42)46-36-21-20-33-32-19-18-27-12-8-9-17-31(27)40(32)47-41(33)39(36)34-24-29-15-6-7-16-30(29)25-37(34)46/h2-22,24-26H,23H2,1H3. The summed E-state index contributed by atoms with van der Waals surface area (Å²) in [7, 11) is 0. The summed E-state index contributed by atoms with van der Waals surface area (Å²) in [4.78, 5) is 10.6. The number of rotatable bonds is 3. The molecule has 1 aliphatic carbocycles. The van der Waals surface area contributed by atoms with E-state index in [0.29, 0.717) is 0 Å². The Hall–Kier alpha value is -6.00. The number of aromatic nitrogens is 3. The normalized spacial score (nSPS) is 16.4. The van der Waals surface area contributed by atoms with E-state index >= 15 is 0 Å². The second-order valence-electron chi connectivity index (χ2n) is 12.9. The molecule has 0 N–H and O–H groups in total.